The first-order chi connectivity index (χ1) is 15.5. The third-order valence-electron chi connectivity index (χ3n) is 5.00. The lowest BCUT2D eigenvalue weighted by molar-refractivity contribution is -0.117. The zero-order chi connectivity index (χ0) is 22.8. The van der Waals surface area contributed by atoms with Crippen LogP contribution in [0.5, 0.6) is 17.2 Å². The number of phenolic OH excluding ortho intramolecular Hbond substituents is 1. The molecule has 32 heavy (non-hydrogen) atoms. The molecular weight excluding hydrogens is 402 g/mol. The number of carbonyl (C=O) groups is 1. The van der Waals surface area contributed by atoms with Gasteiger partial charge >= 0.3 is 0 Å². The fraction of sp³-hybridized carbons (Fsp3) is 0.269. The fourth-order valence-corrected chi connectivity index (χ4v) is 3.36. The molecule has 0 atom stereocenters. The van der Waals surface area contributed by atoms with E-state index in [9.17, 15) is 9.90 Å². The van der Waals surface area contributed by atoms with E-state index in [1.165, 1.54) is 5.56 Å². The predicted molar refractivity (Wildman–Crippen MR) is 128 cm³/mol. The number of likely N-dealkylation sites (N-methyl/N-ethyl adjacent to an activating group) is 1. The van der Waals surface area contributed by atoms with Crippen LogP contribution in [0.2, 0.25) is 0 Å². The van der Waals surface area contributed by atoms with Crippen molar-refractivity contribution in [2.45, 2.75) is 13.0 Å². The topological polar surface area (TPSA) is 65.0 Å². The Morgan fingerprint density at radius 1 is 0.844 bits per heavy atom. The third-order valence-corrected chi connectivity index (χ3v) is 5.00. The van der Waals surface area contributed by atoms with Crippen LogP contribution in [0.25, 0.3) is 0 Å². The van der Waals surface area contributed by atoms with E-state index >= 15 is 0 Å². The molecule has 6 nitrogen and oxygen atoms in total. The molecule has 3 rings (SSSR count). The molecule has 168 valence electrons. The van der Waals surface area contributed by atoms with E-state index in [-0.39, 0.29) is 11.7 Å². The van der Waals surface area contributed by atoms with Gasteiger partial charge in [0, 0.05) is 12.2 Å². The number of rotatable bonds is 11. The quantitative estimate of drug-likeness (QED) is 0.464. The number of amides is 1. The van der Waals surface area contributed by atoms with Crippen LogP contribution in [-0.4, -0.2) is 54.5 Å². The van der Waals surface area contributed by atoms with Crippen molar-refractivity contribution in [3.8, 4) is 17.2 Å². The highest BCUT2D eigenvalue weighted by atomic mass is 16.5. The second-order valence-corrected chi connectivity index (χ2v) is 7.98. The highest BCUT2D eigenvalue weighted by Crippen LogP contribution is 2.22. The lowest BCUT2D eigenvalue weighted by Gasteiger charge is -2.20. The van der Waals surface area contributed by atoms with E-state index < -0.39 is 0 Å². The van der Waals surface area contributed by atoms with Gasteiger partial charge in [-0.15, -0.1) is 0 Å². The Hall–Kier alpha value is -3.35. The lowest BCUT2D eigenvalue weighted by Crippen LogP contribution is -2.32. The molecule has 0 aliphatic heterocycles. The highest BCUT2D eigenvalue weighted by molar-refractivity contribution is 5.92. The molecule has 0 heterocycles. The molecule has 2 N–H and O–H groups in total. The van der Waals surface area contributed by atoms with Crippen LogP contribution in [0.4, 0.5) is 5.69 Å². The van der Waals surface area contributed by atoms with Crippen molar-refractivity contribution in [3.63, 3.8) is 0 Å². The number of nitrogens with zero attached hydrogens (tertiary/aromatic N) is 2. The first kappa shape index (κ1) is 23.3. The monoisotopic (exact) mass is 433 g/mol. The number of aromatic hydroxyl groups is 1. The first-order valence-corrected chi connectivity index (χ1v) is 10.8. The van der Waals surface area contributed by atoms with E-state index in [0.29, 0.717) is 6.54 Å². The number of hydrogen-bond donors (Lipinski definition) is 2. The van der Waals surface area contributed by atoms with Crippen molar-refractivity contribution in [3.05, 3.63) is 84.4 Å². The molecule has 3 aromatic carbocycles. The predicted octanol–water partition coefficient (Wildman–Crippen LogP) is 4.58. The summed E-state index contributed by atoms with van der Waals surface area (Å²) < 4.78 is 5.77. The number of ether oxygens (including phenoxy) is 1. The maximum Gasteiger partial charge on any atom is 0.238 e. The van der Waals surface area contributed by atoms with Gasteiger partial charge in [-0.2, -0.15) is 0 Å². The molecule has 0 radical (unpaired) electrons. The maximum atomic E-state index is 12.3. The van der Waals surface area contributed by atoms with Crippen LogP contribution in [0.15, 0.2) is 78.9 Å². The van der Waals surface area contributed by atoms with Gasteiger partial charge in [-0.25, -0.2) is 0 Å². The van der Waals surface area contributed by atoms with Gasteiger partial charge in [0.25, 0.3) is 0 Å². The number of carbonyl (C=O) groups excluding carboxylic acids is 1. The molecule has 0 saturated heterocycles. The Morgan fingerprint density at radius 3 is 2.16 bits per heavy atom. The van der Waals surface area contributed by atoms with Gasteiger partial charge in [-0.05, 0) is 87.7 Å². The van der Waals surface area contributed by atoms with Gasteiger partial charge in [0.15, 0.2) is 0 Å². The molecule has 0 saturated carbocycles. The van der Waals surface area contributed by atoms with Crippen molar-refractivity contribution >= 4 is 11.6 Å². The number of para-hydroxylation sites is 1. The normalized spacial score (nSPS) is 11.0. The minimum atomic E-state index is -0.0401. The van der Waals surface area contributed by atoms with E-state index in [0.717, 1.165) is 43.2 Å². The maximum absolute atomic E-state index is 12.3. The number of hydrogen-bond acceptors (Lipinski definition) is 5. The second-order valence-electron chi connectivity index (χ2n) is 7.98. The van der Waals surface area contributed by atoms with Crippen LogP contribution in [0, 0.1) is 0 Å². The van der Waals surface area contributed by atoms with Crippen LogP contribution in [0.1, 0.15) is 12.0 Å². The molecule has 0 aliphatic carbocycles. The van der Waals surface area contributed by atoms with Gasteiger partial charge in [0.2, 0.25) is 5.91 Å². The minimum Gasteiger partial charge on any atom is -0.508 e. The van der Waals surface area contributed by atoms with E-state index in [1.807, 2.05) is 78.7 Å². The van der Waals surface area contributed by atoms with Gasteiger partial charge in [-0.1, -0.05) is 30.3 Å². The Morgan fingerprint density at radius 2 is 1.47 bits per heavy atom. The summed E-state index contributed by atoms with van der Waals surface area (Å²) in [7, 11) is 4.03. The zero-order valence-corrected chi connectivity index (χ0v) is 18.7. The molecule has 0 aromatic heterocycles. The number of benzene rings is 3. The fourth-order valence-electron chi connectivity index (χ4n) is 3.36. The summed E-state index contributed by atoms with van der Waals surface area (Å²) in [6, 6.07) is 24.2. The van der Waals surface area contributed by atoms with E-state index in [2.05, 4.69) is 17.3 Å². The molecule has 6 heteroatoms. The molecule has 0 bridgehead atoms. The first-order valence-electron chi connectivity index (χ1n) is 10.8. The van der Waals surface area contributed by atoms with E-state index in [1.54, 1.807) is 12.1 Å². The largest absolute Gasteiger partial charge is 0.508 e. The molecule has 0 aliphatic rings. The highest BCUT2D eigenvalue weighted by Gasteiger charge is 2.08. The average molecular weight is 434 g/mol. The van der Waals surface area contributed by atoms with Crippen molar-refractivity contribution in [1.29, 1.82) is 0 Å². The smallest absolute Gasteiger partial charge is 0.238 e. The third kappa shape index (κ3) is 8.06. The van der Waals surface area contributed by atoms with Crippen molar-refractivity contribution in [2.75, 3.05) is 39.0 Å². The summed E-state index contributed by atoms with van der Waals surface area (Å²) in [4.78, 5) is 16.6. The number of anilines is 1. The van der Waals surface area contributed by atoms with Crippen molar-refractivity contribution in [1.82, 2.24) is 9.80 Å². The molecule has 0 fully saturated rings. The molecular formula is C26H31N3O3. The Bertz CT molecular complexity index is 960. The van der Waals surface area contributed by atoms with Gasteiger partial charge in [0.1, 0.15) is 17.2 Å². The summed E-state index contributed by atoms with van der Waals surface area (Å²) >= 11 is 0. The summed E-state index contributed by atoms with van der Waals surface area (Å²) in [5.41, 5.74) is 1.91. The summed E-state index contributed by atoms with van der Waals surface area (Å²) in [6.45, 7) is 2.92. The van der Waals surface area contributed by atoms with Crippen LogP contribution < -0.4 is 10.1 Å². The molecule has 3 aromatic rings. The zero-order valence-electron chi connectivity index (χ0n) is 18.7. The summed E-state index contributed by atoms with van der Waals surface area (Å²) in [6.07, 6.45) is 0.962. The summed E-state index contributed by atoms with van der Waals surface area (Å²) in [5, 5.41) is 12.3. The van der Waals surface area contributed by atoms with Gasteiger partial charge < -0.3 is 20.1 Å². The lowest BCUT2D eigenvalue weighted by atomic mass is 10.2. The molecule has 0 unspecified atom stereocenters. The Labute approximate surface area is 190 Å². The van der Waals surface area contributed by atoms with Crippen LogP contribution >= 0.6 is 0 Å². The average Bonchev–Trinajstić information content (AvgIpc) is 2.77. The SMILES string of the molecule is CN(CCCN(C)Cc1ccc(O)cc1)CC(=O)Nc1ccc(Oc2ccccc2)cc1. The van der Waals surface area contributed by atoms with Crippen LogP contribution in [0.3, 0.4) is 0 Å². The molecule has 0 spiro atoms. The number of nitrogens with one attached hydrogen (secondary N) is 1. The standard InChI is InChI=1S/C26H31N3O3/c1-28(19-21-9-13-23(30)14-10-21)17-6-18-29(2)20-26(31)27-22-11-15-25(16-12-22)32-24-7-4-3-5-8-24/h3-5,7-16,30H,6,17-20H2,1-2H3,(H,27,31). The minimum absolute atomic E-state index is 0.0401. The second kappa shape index (κ2) is 11.9. The Balaban J connectivity index is 1.34. The van der Waals surface area contributed by atoms with Crippen molar-refractivity contribution in [2.24, 2.45) is 0 Å². The van der Waals surface area contributed by atoms with Gasteiger partial charge in [-0.3, -0.25) is 9.69 Å². The molecule has 1 amide bonds. The van der Waals surface area contributed by atoms with Crippen molar-refractivity contribution < 1.29 is 14.6 Å². The van der Waals surface area contributed by atoms with E-state index in [4.69, 9.17) is 4.74 Å². The summed E-state index contributed by atoms with van der Waals surface area (Å²) in [5.74, 6) is 1.75. The number of phenols is 1. The Kier molecular flexibility index (Phi) is 8.66. The van der Waals surface area contributed by atoms with Crippen LogP contribution in [-0.2, 0) is 11.3 Å². The van der Waals surface area contributed by atoms with Gasteiger partial charge in [0.05, 0.1) is 6.54 Å².